The first-order chi connectivity index (χ1) is 13.4. The average Bonchev–Trinajstić information content (AvgIpc) is 3.36. The number of nitrogens with zero attached hydrogens (tertiary/aromatic N) is 2. The molecule has 5 heteroatoms. The van der Waals surface area contributed by atoms with E-state index in [4.69, 9.17) is 9.51 Å². The topological polar surface area (TPSA) is 43.4 Å². The van der Waals surface area contributed by atoms with Crippen molar-refractivity contribution < 1.29 is 9.42 Å². The van der Waals surface area contributed by atoms with Crippen molar-refractivity contribution in [2.75, 3.05) is 6.54 Å². The van der Waals surface area contributed by atoms with E-state index in [-0.39, 0.29) is 0 Å². The Morgan fingerprint density at radius 2 is 1.89 bits per heavy atom. The fourth-order valence-electron chi connectivity index (χ4n) is 3.99. The first kappa shape index (κ1) is 16.7. The van der Waals surface area contributed by atoms with E-state index in [0.29, 0.717) is 6.04 Å². The Hall–Kier alpha value is -2.50. The lowest BCUT2D eigenvalue weighted by atomic mass is 10.0. The van der Waals surface area contributed by atoms with Gasteiger partial charge < -0.3 is 9.42 Å². The predicted octanol–water partition coefficient (Wildman–Crippen LogP) is 4.26. The van der Waals surface area contributed by atoms with Crippen molar-refractivity contribution in [3.8, 4) is 11.3 Å². The van der Waals surface area contributed by atoms with Gasteiger partial charge in [-0.1, -0.05) is 47.6 Å². The number of hydrogen-bond acceptors (Lipinski definition) is 4. The molecule has 27 heavy (non-hydrogen) atoms. The van der Waals surface area contributed by atoms with Crippen LogP contribution in [-0.2, 0) is 6.54 Å². The SMILES string of the molecule is c1ccc(-c2cc(C[NH+]3CCCC[C@@H]3c3nc4ccccc4s3)no2)cc1. The van der Waals surface area contributed by atoms with Crippen LogP contribution in [0.15, 0.2) is 65.2 Å². The standard InChI is InChI=1S/C22H21N3OS/c1-2-8-16(9-3-1)20-14-17(24-26-20)15-25-13-7-6-11-19(25)22-23-18-10-4-5-12-21(18)27-22/h1-5,8-10,12,14,19H,6-7,11,13,15H2/p+1/t19-/m1/s1. The summed E-state index contributed by atoms with van der Waals surface area (Å²) >= 11 is 1.84. The van der Waals surface area contributed by atoms with Gasteiger partial charge in [-0.2, -0.15) is 0 Å². The molecule has 5 rings (SSSR count). The molecule has 0 bridgehead atoms. The van der Waals surface area contributed by atoms with Gasteiger partial charge in [-0.3, -0.25) is 0 Å². The lowest BCUT2D eigenvalue weighted by molar-refractivity contribution is -0.950. The molecule has 3 heterocycles. The maximum atomic E-state index is 5.60. The second-order valence-corrected chi connectivity index (χ2v) is 8.26. The molecular weight excluding hydrogens is 354 g/mol. The molecule has 2 aromatic carbocycles. The number of aromatic nitrogens is 2. The van der Waals surface area contributed by atoms with Crippen molar-refractivity contribution in [2.45, 2.75) is 31.8 Å². The maximum Gasteiger partial charge on any atom is 0.167 e. The zero-order chi connectivity index (χ0) is 18.1. The highest BCUT2D eigenvalue weighted by molar-refractivity contribution is 7.18. The number of likely N-dealkylation sites (tertiary alicyclic amines) is 1. The Morgan fingerprint density at radius 1 is 1.04 bits per heavy atom. The molecule has 1 fully saturated rings. The minimum absolute atomic E-state index is 0.452. The van der Waals surface area contributed by atoms with Gasteiger partial charge in [-0.25, -0.2) is 4.98 Å². The third-order valence-corrected chi connectivity index (χ3v) is 6.52. The van der Waals surface area contributed by atoms with Gasteiger partial charge in [0.05, 0.1) is 16.8 Å². The van der Waals surface area contributed by atoms with Crippen LogP contribution in [0.25, 0.3) is 21.5 Å². The number of thiazole rings is 1. The zero-order valence-electron chi connectivity index (χ0n) is 15.1. The summed E-state index contributed by atoms with van der Waals surface area (Å²) in [5.41, 5.74) is 3.22. The van der Waals surface area contributed by atoms with E-state index in [0.717, 1.165) is 35.6 Å². The summed E-state index contributed by atoms with van der Waals surface area (Å²) in [6.07, 6.45) is 3.73. The summed E-state index contributed by atoms with van der Waals surface area (Å²) in [6.45, 7) is 2.05. The second-order valence-electron chi connectivity index (χ2n) is 7.20. The van der Waals surface area contributed by atoms with Gasteiger partial charge in [0.15, 0.2) is 10.8 Å². The molecule has 1 unspecified atom stereocenters. The molecule has 2 aromatic heterocycles. The molecule has 0 amide bonds. The monoisotopic (exact) mass is 376 g/mol. The molecule has 2 atom stereocenters. The van der Waals surface area contributed by atoms with Crippen molar-refractivity contribution in [1.29, 1.82) is 0 Å². The second kappa shape index (κ2) is 7.25. The number of para-hydroxylation sites is 1. The summed E-state index contributed by atoms with van der Waals surface area (Å²) in [6, 6.07) is 21.2. The van der Waals surface area contributed by atoms with Gasteiger partial charge in [-0.15, -0.1) is 11.3 Å². The molecule has 4 aromatic rings. The Balaban J connectivity index is 1.39. The largest absolute Gasteiger partial charge is 0.356 e. The average molecular weight is 377 g/mol. The molecule has 136 valence electrons. The van der Waals surface area contributed by atoms with Crippen molar-refractivity contribution in [1.82, 2.24) is 10.1 Å². The van der Waals surface area contributed by atoms with Crippen LogP contribution in [0.4, 0.5) is 0 Å². The Kier molecular flexibility index (Phi) is 4.47. The van der Waals surface area contributed by atoms with E-state index in [1.54, 1.807) is 4.90 Å². The van der Waals surface area contributed by atoms with Gasteiger partial charge in [0.2, 0.25) is 0 Å². The molecule has 4 nitrogen and oxygen atoms in total. The smallest absolute Gasteiger partial charge is 0.167 e. The number of fused-ring (bicyclic) bond motifs is 1. The highest BCUT2D eigenvalue weighted by Gasteiger charge is 2.31. The zero-order valence-corrected chi connectivity index (χ0v) is 15.9. The van der Waals surface area contributed by atoms with Crippen LogP contribution in [0.1, 0.15) is 36.0 Å². The number of piperidine rings is 1. The Morgan fingerprint density at radius 3 is 2.78 bits per heavy atom. The van der Waals surface area contributed by atoms with Gasteiger partial charge in [0.1, 0.15) is 18.3 Å². The normalized spacial score (nSPS) is 20.1. The number of benzene rings is 2. The van der Waals surface area contributed by atoms with Gasteiger partial charge in [-0.05, 0) is 25.0 Å². The van der Waals surface area contributed by atoms with E-state index in [1.165, 1.54) is 29.0 Å². The van der Waals surface area contributed by atoms with Crippen molar-refractivity contribution in [3.63, 3.8) is 0 Å². The summed E-state index contributed by atoms with van der Waals surface area (Å²) < 4.78 is 6.89. The number of nitrogens with one attached hydrogen (secondary N) is 1. The Labute approximate surface area is 162 Å². The van der Waals surface area contributed by atoms with Crippen LogP contribution in [0.5, 0.6) is 0 Å². The summed E-state index contributed by atoms with van der Waals surface area (Å²) in [5, 5.41) is 5.61. The van der Waals surface area contributed by atoms with Crippen LogP contribution < -0.4 is 4.90 Å². The van der Waals surface area contributed by atoms with Crippen molar-refractivity contribution >= 4 is 21.6 Å². The minimum atomic E-state index is 0.452. The van der Waals surface area contributed by atoms with E-state index in [2.05, 4.69) is 47.6 Å². The molecule has 1 aliphatic heterocycles. The summed E-state index contributed by atoms with van der Waals surface area (Å²) in [4.78, 5) is 6.48. The highest BCUT2D eigenvalue weighted by atomic mass is 32.1. The molecule has 0 saturated carbocycles. The van der Waals surface area contributed by atoms with Gasteiger partial charge in [0, 0.05) is 18.1 Å². The Bertz CT molecular complexity index is 1010. The third kappa shape index (κ3) is 3.40. The van der Waals surface area contributed by atoms with E-state index >= 15 is 0 Å². The number of rotatable bonds is 4. The van der Waals surface area contributed by atoms with E-state index in [9.17, 15) is 0 Å². The fourth-order valence-corrected chi connectivity index (χ4v) is 5.15. The van der Waals surface area contributed by atoms with Gasteiger partial charge >= 0.3 is 0 Å². The molecule has 1 saturated heterocycles. The van der Waals surface area contributed by atoms with Crippen LogP contribution in [0.3, 0.4) is 0 Å². The van der Waals surface area contributed by atoms with Crippen LogP contribution >= 0.6 is 11.3 Å². The number of quaternary nitrogens is 1. The first-order valence-electron chi connectivity index (χ1n) is 9.58. The summed E-state index contributed by atoms with van der Waals surface area (Å²) in [5.74, 6) is 0.846. The number of hydrogen-bond donors (Lipinski definition) is 1. The molecule has 1 aliphatic rings. The molecule has 1 N–H and O–H groups in total. The maximum absolute atomic E-state index is 5.60. The first-order valence-corrected chi connectivity index (χ1v) is 10.4. The van der Waals surface area contributed by atoms with E-state index in [1.807, 2.05) is 29.5 Å². The fraction of sp³-hybridized carbons (Fsp3) is 0.273. The van der Waals surface area contributed by atoms with Crippen LogP contribution in [0.2, 0.25) is 0 Å². The third-order valence-electron chi connectivity index (χ3n) is 5.37. The molecule has 0 radical (unpaired) electrons. The quantitative estimate of drug-likeness (QED) is 0.579. The van der Waals surface area contributed by atoms with E-state index < -0.39 is 0 Å². The van der Waals surface area contributed by atoms with Crippen molar-refractivity contribution in [2.24, 2.45) is 0 Å². The molecule has 0 aliphatic carbocycles. The lowest BCUT2D eigenvalue weighted by Gasteiger charge is -2.30. The van der Waals surface area contributed by atoms with Crippen LogP contribution in [-0.4, -0.2) is 16.7 Å². The van der Waals surface area contributed by atoms with Crippen molar-refractivity contribution in [3.05, 3.63) is 71.4 Å². The van der Waals surface area contributed by atoms with Crippen LogP contribution in [0, 0.1) is 0 Å². The predicted molar refractivity (Wildman–Crippen MR) is 108 cm³/mol. The highest BCUT2D eigenvalue weighted by Crippen LogP contribution is 2.29. The summed E-state index contributed by atoms with van der Waals surface area (Å²) in [7, 11) is 0. The molecule has 0 spiro atoms. The minimum Gasteiger partial charge on any atom is -0.356 e. The molecular formula is C22H22N3OS+. The van der Waals surface area contributed by atoms with Gasteiger partial charge in [0.25, 0.3) is 0 Å². The lowest BCUT2D eigenvalue weighted by Crippen LogP contribution is -3.11.